The Morgan fingerprint density at radius 3 is 2.32 bits per heavy atom. The van der Waals surface area contributed by atoms with Gasteiger partial charge < -0.3 is 10.2 Å². The van der Waals surface area contributed by atoms with Gasteiger partial charge in [-0.2, -0.15) is 0 Å². The molecule has 0 radical (unpaired) electrons. The van der Waals surface area contributed by atoms with Gasteiger partial charge >= 0.3 is 0 Å². The standard InChI is InChI=1S/C23H31N3O2/c1-16-10-11-20(18(3)12-16)13-26(6)23(28)15-25(5)14-22(27)24-21-9-7-8-17(2)19(21)4/h7-12H,13-15H2,1-6H3,(H,24,27). The number of hydrogen-bond acceptors (Lipinski definition) is 3. The molecule has 0 aliphatic rings. The average Bonchev–Trinajstić information content (AvgIpc) is 2.61. The molecule has 2 aromatic rings. The minimum atomic E-state index is -0.124. The van der Waals surface area contributed by atoms with Crippen LogP contribution in [0.4, 0.5) is 5.69 Å². The summed E-state index contributed by atoms with van der Waals surface area (Å²) in [6, 6.07) is 12.1. The van der Waals surface area contributed by atoms with E-state index in [4.69, 9.17) is 0 Å². The van der Waals surface area contributed by atoms with Crippen molar-refractivity contribution in [1.82, 2.24) is 9.80 Å². The molecule has 5 nitrogen and oxygen atoms in total. The van der Waals surface area contributed by atoms with Gasteiger partial charge in [0.1, 0.15) is 0 Å². The second kappa shape index (κ2) is 9.51. The fourth-order valence-corrected chi connectivity index (χ4v) is 3.10. The summed E-state index contributed by atoms with van der Waals surface area (Å²) >= 11 is 0. The predicted molar refractivity (Wildman–Crippen MR) is 114 cm³/mol. The van der Waals surface area contributed by atoms with Gasteiger partial charge in [0.05, 0.1) is 13.1 Å². The van der Waals surface area contributed by atoms with Gasteiger partial charge in [0, 0.05) is 19.3 Å². The van der Waals surface area contributed by atoms with Gasteiger partial charge in [-0.05, 0) is 63.1 Å². The van der Waals surface area contributed by atoms with Crippen LogP contribution in [-0.4, -0.2) is 48.8 Å². The summed E-state index contributed by atoms with van der Waals surface area (Å²) in [5.41, 5.74) is 6.54. The van der Waals surface area contributed by atoms with Crippen LogP contribution < -0.4 is 5.32 Å². The maximum absolute atomic E-state index is 12.5. The zero-order chi connectivity index (χ0) is 20.8. The first-order valence-corrected chi connectivity index (χ1v) is 9.52. The maximum atomic E-state index is 12.5. The van der Waals surface area contributed by atoms with Crippen molar-refractivity contribution in [1.29, 1.82) is 0 Å². The summed E-state index contributed by atoms with van der Waals surface area (Å²) in [5.74, 6) is -0.136. The van der Waals surface area contributed by atoms with Gasteiger partial charge in [0.25, 0.3) is 0 Å². The van der Waals surface area contributed by atoms with Gasteiger partial charge in [0.15, 0.2) is 0 Å². The van der Waals surface area contributed by atoms with Crippen LogP contribution in [0.2, 0.25) is 0 Å². The summed E-state index contributed by atoms with van der Waals surface area (Å²) in [4.78, 5) is 28.3. The van der Waals surface area contributed by atoms with Crippen LogP contribution in [0.1, 0.15) is 27.8 Å². The smallest absolute Gasteiger partial charge is 0.238 e. The summed E-state index contributed by atoms with van der Waals surface area (Å²) < 4.78 is 0. The van der Waals surface area contributed by atoms with Crippen LogP contribution in [0, 0.1) is 27.7 Å². The van der Waals surface area contributed by atoms with Gasteiger partial charge in [0.2, 0.25) is 11.8 Å². The van der Waals surface area contributed by atoms with Crippen molar-refractivity contribution in [2.24, 2.45) is 0 Å². The Morgan fingerprint density at radius 1 is 0.929 bits per heavy atom. The molecule has 0 bridgehead atoms. The Balaban J connectivity index is 1.87. The van der Waals surface area contributed by atoms with Crippen molar-refractivity contribution in [3.05, 3.63) is 64.2 Å². The predicted octanol–water partition coefficient (Wildman–Crippen LogP) is 3.45. The molecule has 2 aromatic carbocycles. The van der Waals surface area contributed by atoms with Gasteiger partial charge in [-0.1, -0.05) is 35.9 Å². The molecule has 0 fully saturated rings. The highest BCUT2D eigenvalue weighted by Gasteiger charge is 2.15. The molecule has 0 atom stereocenters. The zero-order valence-corrected chi connectivity index (χ0v) is 17.8. The SMILES string of the molecule is Cc1ccc(CN(C)C(=O)CN(C)CC(=O)Nc2cccc(C)c2C)c(C)c1. The lowest BCUT2D eigenvalue weighted by molar-refractivity contribution is -0.131. The van der Waals surface area contributed by atoms with Crippen LogP contribution in [0.5, 0.6) is 0 Å². The molecular formula is C23H31N3O2. The van der Waals surface area contributed by atoms with Crippen molar-refractivity contribution in [3.63, 3.8) is 0 Å². The lowest BCUT2D eigenvalue weighted by Crippen LogP contribution is -2.39. The molecule has 0 heterocycles. The van der Waals surface area contributed by atoms with Crippen molar-refractivity contribution in [2.75, 3.05) is 32.5 Å². The largest absolute Gasteiger partial charge is 0.340 e. The first-order valence-electron chi connectivity index (χ1n) is 9.52. The molecule has 0 aliphatic heterocycles. The fourth-order valence-electron chi connectivity index (χ4n) is 3.10. The number of nitrogens with one attached hydrogen (secondary N) is 1. The van der Waals surface area contributed by atoms with E-state index >= 15 is 0 Å². The Morgan fingerprint density at radius 2 is 1.64 bits per heavy atom. The first-order chi connectivity index (χ1) is 13.2. The second-order valence-corrected chi connectivity index (χ2v) is 7.65. The van der Waals surface area contributed by atoms with E-state index in [1.807, 2.05) is 32.0 Å². The molecule has 0 spiro atoms. The number of benzene rings is 2. The van der Waals surface area contributed by atoms with Crippen LogP contribution in [0.15, 0.2) is 36.4 Å². The topological polar surface area (TPSA) is 52.7 Å². The minimum absolute atomic E-state index is 0.0120. The van der Waals surface area contributed by atoms with E-state index in [9.17, 15) is 9.59 Å². The molecule has 2 rings (SSSR count). The van der Waals surface area contributed by atoms with Gasteiger partial charge in [-0.15, -0.1) is 0 Å². The molecule has 0 saturated carbocycles. The third-order valence-electron chi connectivity index (χ3n) is 5.03. The van der Waals surface area contributed by atoms with Crippen LogP contribution in [0.3, 0.4) is 0 Å². The van der Waals surface area contributed by atoms with E-state index in [-0.39, 0.29) is 24.9 Å². The minimum Gasteiger partial charge on any atom is -0.340 e. The van der Waals surface area contributed by atoms with E-state index in [1.165, 1.54) is 11.1 Å². The summed E-state index contributed by atoms with van der Waals surface area (Å²) in [5, 5.41) is 2.93. The van der Waals surface area contributed by atoms with Gasteiger partial charge in [-0.25, -0.2) is 0 Å². The number of anilines is 1. The molecule has 5 heteroatoms. The molecule has 150 valence electrons. The highest BCUT2D eigenvalue weighted by molar-refractivity contribution is 5.93. The molecule has 2 amide bonds. The number of aryl methyl sites for hydroxylation is 3. The van der Waals surface area contributed by atoms with Crippen LogP contribution >= 0.6 is 0 Å². The first kappa shape index (κ1) is 21.6. The lowest BCUT2D eigenvalue weighted by atomic mass is 10.1. The summed E-state index contributed by atoms with van der Waals surface area (Å²) in [6.07, 6.45) is 0. The Kier molecular flexibility index (Phi) is 7.35. The molecular weight excluding hydrogens is 350 g/mol. The number of amides is 2. The Hall–Kier alpha value is -2.66. The average molecular weight is 382 g/mol. The van der Waals surface area contributed by atoms with E-state index in [1.54, 1.807) is 23.9 Å². The van der Waals surface area contributed by atoms with E-state index in [2.05, 4.69) is 37.4 Å². The Bertz CT molecular complexity index is 861. The zero-order valence-electron chi connectivity index (χ0n) is 17.8. The highest BCUT2D eigenvalue weighted by atomic mass is 16.2. The molecule has 28 heavy (non-hydrogen) atoms. The second-order valence-electron chi connectivity index (χ2n) is 7.65. The van der Waals surface area contributed by atoms with Crippen molar-refractivity contribution in [3.8, 4) is 0 Å². The maximum Gasteiger partial charge on any atom is 0.238 e. The number of carbonyl (C=O) groups excluding carboxylic acids is 2. The third-order valence-corrected chi connectivity index (χ3v) is 5.03. The molecule has 0 unspecified atom stereocenters. The number of carbonyl (C=O) groups is 2. The normalized spacial score (nSPS) is 10.8. The number of rotatable bonds is 7. The quantitative estimate of drug-likeness (QED) is 0.799. The number of likely N-dealkylation sites (N-methyl/N-ethyl adjacent to an activating group) is 2. The summed E-state index contributed by atoms with van der Waals surface area (Å²) in [6.45, 7) is 9.04. The molecule has 0 saturated heterocycles. The molecule has 1 N–H and O–H groups in total. The number of nitrogens with zero attached hydrogens (tertiary/aromatic N) is 2. The number of hydrogen-bond donors (Lipinski definition) is 1. The lowest BCUT2D eigenvalue weighted by Gasteiger charge is -2.22. The van der Waals surface area contributed by atoms with E-state index in [0.29, 0.717) is 6.54 Å². The molecule has 0 aliphatic carbocycles. The summed E-state index contributed by atoms with van der Waals surface area (Å²) in [7, 11) is 3.58. The van der Waals surface area contributed by atoms with Crippen molar-refractivity contribution in [2.45, 2.75) is 34.2 Å². The van der Waals surface area contributed by atoms with E-state index in [0.717, 1.165) is 22.4 Å². The fraction of sp³-hybridized carbons (Fsp3) is 0.391. The third kappa shape index (κ3) is 5.92. The van der Waals surface area contributed by atoms with Crippen molar-refractivity contribution >= 4 is 17.5 Å². The van der Waals surface area contributed by atoms with Crippen LogP contribution in [0.25, 0.3) is 0 Å². The van der Waals surface area contributed by atoms with Crippen LogP contribution in [-0.2, 0) is 16.1 Å². The van der Waals surface area contributed by atoms with Gasteiger partial charge in [-0.3, -0.25) is 14.5 Å². The highest BCUT2D eigenvalue weighted by Crippen LogP contribution is 2.18. The monoisotopic (exact) mass is 381 g/mol. The Labute approximate surface area is 168 Å². The molecule has 0 aromatic heterocycles. The van der Waals surface area contributed by atoms with E-state index < -0.39 is 0 Å². The van der Waals surface area contributed by atoms with Crippen molar-refractivity contribution < 1.29 is 9.59 Å².